The van der Waals surface area contributed by atoms with Gasteiger partial charge in [-0.3, -0.25) is 4.79 Å². The third-order valence-electron chi connectivity index (χ3n) is 5.21. The highest BCUT2D eigenvalue weighted by atomic mass is 32.2. The Morgan fingerprint density at radius 2 is 2.04 bits per heavy atom. The quantitative estimate of drug-likeness (QED) is 0.584. The SMILES string of the molecule is COC(=O)CNC(=S)N1CCC2(CCN(S(=O)(=O)c3cccs3)CC2)C1. The summed E-state index contributed by atoms with van der Waals surface area (Å²) in [6, 6.07) is 3.42. The van der Waals surface area contributed by atoms with Crippen LogP contribution >= 0.6 is 23.6 Å². The van der Waals surface area contributed by atoms with Gasteiger partial charge in [0.2, 0.25) is 0 Å². The molecule has 3 rings (SSSR count). The number of hydrogen-bond acceptors (Lipinski definition) is 6. The molecule has 0 unspecified atom stereocenters. The predicted molar refractivity (Wildman–Crippen MR) is 104 cm³/mol. The van der Waals surface area contributed by atoms with E-state index in [9.17, 15) is 13.2 Å². The largest absolute Gasteiger partial charge is 0.468 e. The second kappa shape index (κ2) is 7.79. The van der Waals surface area contributed by atoms with Crippen LogP contribution in [0.5, 0.6) is 0 Å². The van der Waals surface area contributed by atoms with Crippen LogP contribution in [0.15, 0.2) is 21.7 Å². The lowest BCUT2D eigenvalue weighted by Gasteiger charge is -2.38. The van der Waals surface area contributed by atoms with Gasteiger partial charge in [-0.05, 0) is 48.3 Å². The van der Waals surface area contributed by atoms with Crippen LogP contribution in [0.25, 0.3) is 0 Å². The molecule has 1 N–H and O–H groups in total. The van der Waals surface area contributed by atoms with Gasteiger partial charge in [0.25, 0.3) is 10.0 Å². The molecule has 0 atom stereocenters. The minimum Gasteiger partial charge on any atom is -0.468 e. The first-order valence-corrected chi connectivity index (χ1v) is 11.2. The Morgan fingerprint density at radius 3 is 2.65 bits per heavy atom. The molecule has 2 fully saturated rings. The average molecular weight is 418 g/mol. The molecule has 26 heavy (non-hydrogen) atoms. The number of thiocarbonyl (C=S) groups is 1. The molecule has 7 nitrogen and oxygen atoms in total. The van der Waals surface area contributed by atoms with E-state index in [4.69, 9.17) is 12.2 Å². The number of esters is 1. The second-order valence-corrected chi connectivity index (χ2v) is 10.2. The molecule has 1 aromatic heterocycles. The highest BCUT2D eigenvalue weighted by Crippen LogP contribution is 2.41. The van der Waals surface area contributed by atoms with Gasteiger partial charge in [-0.2, -0.15) is 4.31 Å². The molecule has 0 bridgehead atoms. The van der Waals surface area contributed by atoms with Gasteiger partial charge >= 0.3 is 5.97 Å². The summed E-state index contributed by atoms with van der Waals surface area (Å²) in [5.74, 6) is -0.353. The van der Waals surface area contributed by atoms with Crippen molar-refractivity contribution in [1.82, 2.24) is 14.5 Å². The predicted octanol–water partition coefficient (Wildman–Crippen LogP) is 1.27. The highest BCUT2D eigenvalue weighted by Gasteiger charge is 2.43. The van der Waals surface area contributed by atoms with E-state index in [0.717, 1.165) is 32.4 Å². The molecule has 0 saturated carbocycles. The topological polar surface area (TPSA) is 79.0 Å². The van der Waals surface area contributed by atoms with Gasteiger partial charge in [-0.1, -0.05) is 6.07 Å². The molecule has 0 aromatic carbocycles. The van der Waals surface area contributed by atoms with Gasteiger partial charge in [0.15, 0.2) is 5.11 Å². The lowest BCUT2D eigenvalue weighted by molar-refractivity contribution is -0.139. The van der Waals surface area contributed by atoms with Crippen LogP contribution in [-0.4, -0.2) is 68.5 Å². The molecule has 0 aliphatic carbocycles. The van der Waals surface area contributed by atoms with Crippen LogP contribution in [0.1, 0.15) is 19.3 Å². The van der Waals surface area contributed by atoms with Crippen molar-refractivity contribution < 1.29 is 17.9 Å². The van der Waals surface area contributed by atoms with Gasteiger partial charge < -0.3 is 15.0 Å². The Morgan fingerprint density at radius 1 is 1.35 bits per heavy atom. The number of carbonyl (C=O) groups is 1. The molecule has 1 spiro atoms. The van der Waals surface area contributed by atoms with Crippen LogP contribution in [0.4, 0.5) is 0 Å². The van der Waals surface area contributed by atoms with E-state index in [2.05, 4.69) is 15.0 Å². The van der Waals surface area contributed by atoms with E-state index < -0.39 is 10.0 Å². The van der Waals surface area contributed by atoms with Gasteiger partial charge in [0.05, 0.1) is 7.11 Å². The molecule has 3 heterocycles. The smallest absolute Gasteiger partial charge is 0.325 e. The standard InChI is InChI=1S/C16H23N3O4S3/c1-23-13(20)11-17-15(24)18-7-4-16(12-18)5-8-19(9-6-16)26(21,22)14-3-2-10-25-14/h2-3,10H,4-9,11-12H2,1H3,(H,17,24). The van der Waals surface area contributed by atoms with Crippen LogP contribution in [0, 0.1) is 5.41 Å². The number of ether oxygens (including phenoxy) is 1. The van der Waals surface area contributed by atoms with Gasteiger partial charge in [0, 0.05) is 26.2 Å². The minimum absolute atomic E-state index is 0.0612. The monoisotopic (exact) mass is 417 g/mol. The number of methoxy groups -OCH3 is 1. The maximum Gasteiger partial charge on any atom is 0.325 e. The third kappa shape index (κ3) is 4.03. The Labute approximate surface area is 163 Å². The molecule has 2 saturated heterocycles. The molecule has 144 valence electrons. The van der Waals surface area contributed by atoms with E-state index in [1.165, 1.54) is 18.4 Å². The van der Waals surface area contributed by atoms with Crippen LogP contribution in [-0.2, 0) is 19.6 Å². The fourth-order valence-electron chi connectivity index (χ4n) is 3.59. The van der Waals surface area contributed by atoms with E-state index in [1.807, 2.05) is 0 Å². The number of thiophene rings is 1. The minimum atomic E-state index is -3.37. The normalized spacial score (nSPS) is 20.3. The molecule has 1 aromatic rings. The summed E-state index contributed by atoms with van der Waals surface area (Å²) in [6.07, 6.45) is 2.64. The first-order valence-electron chi connectivity index (χ1n) is 8.50. The Hall–Kier alpha value is -1.23. The van der Waals surface area contributed by atoms with Crippen molar-refractivity contribution in [3.05, 3.63) is 17.5 Å². The summed E-state index contributed by atoms with van der Waals surface area (Å²) in [7, 11) is -2.02. The van der Waals surface area contributed by atoms with E-state index in [1.54, 1.807) is 21.8 Å². The number of sulfonamides is 1. The van der Waals surface area contributed by atoms with Gasteiger partial charge in [-0.15, -0.1) is 11.3 Å². The molecule has 2 aliphatic rings. The Kier molecular flexibility index (Phi) is 5.85. The zero-order valence-electron chi connectivity index (χ0n) is 14.6. The summed E-state index contributed by atoms with van der Waals surface area (Å²) in [5.41, 5.74) is 0.0957. The van der Waals surface area contributed by atoms with Gasteiger partial charge in [0.1, 0.15) is 10.8 Å². The number of rotatable bonds is 4. The van der Waals surface area contributed by atoms with Crippen molar-refractivity contribution in [1.29, 1.82) is 0 Å². The number of nitrogens with zero attached hydrogens (tertiary/aromatic N) is 2. The van der Waals surface area contributed by atoms with Crippen molar-refractivity contribution in [3.63, 3.8) is 0 Å². The number of likely N-dealkylation sites (tertiary alicyclic amines) is 1. The summed E-state index contributed by atoms with van der Waals surface area (Å²) in [4.78, 5) is 13.3. The zero-order chi connectivity index (χ0) is 18.8. The first kappa shape index (κ1) is 19.5. The van der Waals surface area contributed by atoms with Crippen molar-refractivity contribution in [2.45, 2.75) is 23.5 Å². The zero-order valence-corrected chi connectivity index (χ0v) is 17.1. The fraction of sp³-hybridized carbons (Fsp3) is 0.625. The highest BCUT2D eigenvalue weighted by molar-refractivity contribution is 7.91. The molecule has 0 amide bonds. The second-order valence-electron chi connectivity index (χ2n) is 6.74. The summed E-state index contributed by atoms with van der Waals surface area (Å²) in [5, 5.41) is 5.27. The third-order valence-corrected chi connectivity index (χ3v) is 8.88. The number of piperidine rings is 1. The average Bonchev–Trinajstić information content (AvgIpc) is 3.31. The van der Waals surface area contributed by atoms with Crippen LogP contribution in [0.3, 0.4) is 0 Å². The fourth-order valence-corrected chi connectivity index (χ4v) is 6.40. The van der Waals surface area contributed by atoms with Crippen molar-refractivity contribution >= 4 is 44.7 Å². The number of carbonyl (C=O) groups excluding carboxylic acids is 1. The summed E-state index contributed by atoms with van der Waals surface area (Å²) >= 11 is 6.63. The molecule has 2 aliphatic heterocycles. The lowest BCUT2D eigenvalue weighted by Crippen LogP contribution is -2.46. The van der Waals surface area contributed by atoms with Crippen molar-refractivity contribution in [2.75, 3.05) is 39.8 Å². The maximum absolute atomic E-state index is 12.7. The van der Waals surface area contributed by atoms with Crippen molar-refractivity contribution in [2.24, 2.45) is 5.41 Å². The van der Waals surface area contributed by atoms with Gasteiger partial charge in [-0.25, -0.2) is 8.42 Å². The Balaban J connectivity index is 1.55. The first-order chi connectivity index (χ1) is 12.4. The number of hydrogen-bond donors (Lipinski definition) is 1. The summed E-state index contributed by atoms with van der Waals surface area (Å²) < 4.78 is 31.9. The summed E-state index contributed by atoms with van der Waals surface area (Å²) in [6.45, 7) is 2.76. The molecule has 0 radical (unpaired) electrons. The number of nitrogens with one attached hydrogen (secondary N) is 1. The molecular formula is C16H23N3O4S3. The molecular weight excluding hydrogens is 394 g/mol. The van der Waals surface area contributed by atoms with E-state index >= 15 is 0 Å². The van der Waals surface area contributed by atoms with Crippen LogP contribution < -0.4 is 5.32 Å². The Bertz CT molecular complexity index is 756. The maximum atomic E-state index is 12.7. The van der Waals surface area contributed by atoms with E-state index in [0.29, 0.717) is 22.4 Å². The van der Waals surface area contributed by atoms with Crippen LogP contribution in [0.2, 0.25) is 0 Å². The lowest BCUT2D eigenvalue weighted by atomic mass is 9.78. The van der Waals surface area contributed by atoms with E-state index in [-0.39, 0.29) is 17.9 Å². The van der Waals surface area contributed by atoms with Crippen molar-refractivity contribution in [3.8, 4) is 0 Å². The molecule has 10 heteroatoms.